The van der Waals surface area contributed by atoms with Gasteiger partial charge in [-0.3, -0.25) is 14.8 Å². The molecule has 0 spiro atoms. The molecule has 0 aromatic carbocycles. The van der Waals surface area contributed by atoms with Crippen molar-refractivity contribution in [1.82, 2.24) is 15.1 Å². The number of thioether (sulfide) groups is 1. The van der Waals surface area contributed by atoms with Crippen molar-refractivity contribution < 1.29 is 9.90 Å². The van der Waals surface area contributed by atoms with Gasteiger partial charge in [0.1, 0.15) is 6.04 Å². The van der Waals surface area contributed by atoms with E-state index in [2.05, 4.69) is 10.4 Å². The lowest BCUT2D eigenvalue weighted by Gasteiger charge is -2.12. The summed E-state index contributed by atoms with van der Waals surface area (Å²) in [6.45, 7) is 2.82. The Balaban J connectivity index is 2.10. The first-order chi connectivity index (χ1) is 7.22. The second-order valence-corrected chi connectivity index (χ2v) is 4.48. The summed E-state index contributed by atoms with van der Waals surface area (Å²) < 4.78 is 1.88. The number of nitrogens with one attached hydrogen (secondary N) is 1. The van der Waals surface area contributed by atoms with Gasteiger partial charge in [-0.15, -0.1) is 11.8 Å². The quantitative estimate of drug-likeness (QED) is 0.795. The van der Waals surface area contributed by atoms with Gasteiger partial charge in [-0.2, -0.15) is 5.10 Å². The van der Waals surface area contributed by atoms with Crippen LogP contribution in [0.5, 0.6) is 0 Å². The summed E-state index contributed by atoms with van der Waals surface area (Å²) in [5.74, 6) is -0.179. The molecule has 1 saturated heterocycles. The number of aromatic nitrogens is 2. The van der Waals surface area contributed by atoms with Crippen LogP contribution in [0, 0.1) is 0 Å². The van der Waals surface area contributed by atoms with Gasteiger partial charge >= 0.3 is 5.97 Å². The number of nitrogens with zero attached hydrogens (tertiary/aromatic N) is 2. The smallest absolute Gasteiger partial charge is 0.321 e. The third-order valence-corrected chi connectivity index (χ3v) is 3.63. The molecule has 1 aromatic heterocycles. The Bertz CT molecular complexity index is 366. The number of hydrogen-bond donors (Lipinski definition) is 2. The molecular weight excluding hydrogens is 214 g/mol. The van der Waals surface area contributed by atoms with E-state index in [4.69, 9.17) is 5.11 Å². The molecule has 0 radical (unpaired) electrons. The molecule has 1 unspecified atom stereocenters. The van der Waals surface area contributed by atoms with Crippen molar-refractivity contribution in [2.75, 3.05) is 5.75 Å². The van der Waals surface area contributed by atoms with E-state index in [1.807, 2.05) is 17.7 Å². The Kier molecular flexibility index (Phi) is 2.97. The van der Waals surface area contributed by atoms with Crippen LogP contribution in [-0.4, -0.2) is 32.7 Å². The summed E-state index contributed by atoms with van der Waals surface area (Å²) in [5.41, 5.74) is 1.05. The highest BCUT2D eigenvalue weighted by atomic mass is 32.2. The number of carboxylic acid groups (broad SMARTS) is 1. The Labute approximate surface area is 91.9 Å². The van der Waals surface area contributed by atoms with E-state index in [-0.39, 0.29) is 5.37 Å². The van der Waals surface area contributed by atoms with Crippen LogP contribution in [0.15, 0.2) is 12.3 Å². The second-order valence-electron chi connectivity index (χ2n) is 3.34. The minimum Gasteiger partial charge on any atom is -0.480 e. The highest BCUT2D eigenvalue weighted by molar-refractivity contribution is 7.99. The Morgan fingerprint density at radius 1 is 1.87 bits per heavy atom. The summed E-state index contributed by atoms with van der Waals surface area (Å²) in [7, 11) is 0. The average molecular weight is 227 g/mol. The summed E-state index contributed by atoms with van der Waals surface area (Å²) in [6.07, 6.45) is 1.75. The predicted molar refractivity (Wildman–Crippen MR) is 57.7 cm³/mol. The fraction of sp³-hybridized carbons (Fsp3) is 0.556. The molecule has 2 atom stereocenters. The molecule has 15 heavy (non-hydrogen) atoms. The zero-order valence-corrected chi connectivity index (χ0v) is 9.20. The number of hydrogen-bond acceptors (Lipinski definition) is 4. The van der Waals surface area contributed by atoms with Crippen LogP contribution in [0.1, 0.15) is 18.0 Å². The van der Waals surface area contributed by atoms with Gasteiger partial charge in [-0.1, -0.05) is 0 Å². The molecular formula is C9H13N3O2S. The maximum atomic E-state index is 10.8. The van der Waals surface area contributed by atoms with Crippen LogP contribution in [-0.2, 0) is 11.3 Å². The molecule has 2 rings (SSSR count). The SMILES string of the molecule is CCn1nccc1C1N[C@@H](C(=O)O)CS1. The Hall–Kier alpha value is -1.01. The number of aryl methyl sites for hydroxylation is 1. The molecule has 2 heterocycles. The van der Waals surface area contributed by atoms with Crippen molar-refractivity contribution >= 4 is 17.7 Å². The predicted octanol–water partition coefficient (Wildman–Crippen LogP) is 0.691. The van der Waals surface area contributed by atoms with E-state index in [1.165, 1.54) is 0 Å². The van der Waals surface area contributed by atoms with Crippen LogP contribution in [0.4, 0.5) is 0 Å². The molecule has 1 fully saturated rings. The molecule has 1 aliphatic rings. The topological polar surface area (TPSA) is 67.2 Å². The van der Waals surface area contributed by atoms with E-state index < -0.39 is 12.0 Å². The number of aliphatic carboxylic acids is 1. The summed E-state index contributed by atoms with van der Waals surface area (Å²) >= 11 is 1.61. The minimum absolute atomic E-state index is 0.0496. The molecule has 0 aliphatic carbocycles. The number of carboxylic acids is 1. The first kappa shape index (κ1) is 10.5. The van der Waals surface area contributed by atoms with Crippen molar-refractivity contribution in [1.29, 1.82) is 0 Å². The second kappa shape index (κ2) is 4.24. The van der Waals surface area contributed by atoms with Crippen LogP contribution >= 0.6 is 11.8 Å². The van der Waals surface area contributed by atoms with E-state index in [0.29, 0.717) is 5.75 Å². The number of rotatable bonds is 3. The summed E-state index contributed by atoms with van der Waals surface area (Å²) in [5, 5.41) is 16.1. The fourth-order valence-corrected chi connectivity index (χ4v) is 2.87. The molecule has 0 amide bonds. The van der Waals surface area contributed by atoms with Gasteiger partial charge in [-0.05, 0) is 13.0 Å². The molecule has 5 nitrogen and oxygen atoms in total. The van der Waals surface area contributed by atoms with Crippen LogP contribution in [0.3, 0.4) is 0 Å². The standard InChI is InChI=1S/C9H13N3O2S/c1-2-12-7(3-4-10-12)8-11-6(5-15-8)9(13)14/h3-4,6,8,11H,2,5H2,1H3,(H,13,14)/t6-,8?/m1/s1. The van der Waals surface area contributed by atoms with Crippen LogP contribution < -0.4 is 5.32 Å². The van der Waals surface area contributed by atoms with Gasteiger partial charge in [0.05, 0.1) is 11.1 Å². The maximum Gasteiger partial charge on any atom is 0.321 e. The van der Waals surface area contributed by atoms with Crippen molar-refractivity contribution in [2.24, 2.45) is 0 Å². The van der Waals surface area contributed by atoms with Crippen molar-refractivity contribution in [3.63, 3.8) is 0 Å². The highest BCUT2D eigenvalue weighted by Gasteiger charge is 2.31. The third kappa shape index (κ3) is 2.00. The van der Waals surface area contributed by atoms with E-state index in [0.717, 1.165) is 12.2 Å². The molecule has 1 aliphatic heterocycles. The van der Waals surface area contributed by atoms with Crippen LogP contribution in [0.2, 0.25) is 0 Å². The zero-order chi connectivity index (χ0) is 10.8. The van der Waals surface area contributed by atoms with Crippen molar-refractivity contribution in [3.8, 4) is 0 Å². The molecule has 0 saturated carbocycles. The maximum absolute atomic E-state index is 10.8. The van der Waals surface area contributed by atoms with Gasteiger partial charge < -0.3 is 5.11 Å². The lowest BCUT2D eigenvalue weighted by molar-refractivity contribution is -0.138. The zero-order valence-electron chi connectivity index (χ0n) is 8.38. The third-order valence-electron chi connectivity index (χ3n) is 2.40. The minimum atomic E-state index is -0.785. The highest BCUT2D eigenvalue weighted by Crippen LogP contribution is 2.32. The summed E-state index contributed by atoms with van der Waals surface area (Å²) in [4.78, 5) is 10.8. The molecule has 0 bridgehead atoms. The van der Waals surface area contributed by atoms with Gasteiger partial charge in [0, 0.05) is 18.5 Å². The Morgan fingerprint density at radius 3 is 3.27 bits per heavy atom. The summed E-state index contributed by atoms with van der Waals surface area (Å²) in [6, 6.07) is 1.48. The van der Waals surface area contributed by atoms with E-state index in [9.17, 15) is 4.79 Å². The monoisotopic (exact) mass is 227 g/mol. The molecule has 1 aromatic rings. The van der Waals surface area contributed by atoms with Gasteiger partial charge in [-0.25, -0.2) is 0 Å². The first-order valence-corrected chi connectivity index (χ1v) is 5.89. The van der Waals surface area contributed by atoms with Gasteiger partial charge in [0.15, 0.2) is 0 Å². The molecule has 6 heteroatoms. The first-order valence-electron chi connectivity index (χ1n) is 4.84. The van der Waals surface area contributed by atoms with E-state index >= 15 is 0 Å². The largest absolute Gasteiger partial charge is 0.480 e. The average Bonchev–Trinajstić information content (AvgIpc) is 2.85. The lowest BCUT2D eigenvalue weighted by Crippen LogP contribution is -2.34. The van der Waals surface area contributed by atoms with Crippen molar-refractivity contribution in [3.05, 3.63) is 18.0 Å². The molecule has 2 N–H and O–H groups in total. The fourth-order valence-electron chi connectivity index (χ4n) is 1.61. The number of carbonyl (C=O) groups is 1. The van der Waals surface area contributed by atoms with Crippen LogP contribution in [0.25, 0.3) is 0 Å². The van der Waals surface area contributed by atoms with Gasteiger partial charge in [0.2, 0.25) is 0 Å². The normalized spacial score (nSPS) is 25.7. The van der Waals surface area contributed by atoms with Gasteiger partial charge in [0.25, 0.3) is 0 Å². The lowest BCUT2D eigenvalue weighted by atomic mass is 10.3. The van der Waals surface area contributed by atoms with E-state index in [1.54, 1.807) is 18.0 Å². The Morgan fingerprint density at radius 2 is 2.67 bits per heavy atom. The van der Waals surface area contributed by atoms with Crippen molar-refractivity contribution in [2.45, 2.75) is 24.9 Å². The molecule has 82 valence electrons.